The van der Waals surface area contributed by atoms with Gasteiger partial charge in [0.1, 0.15) is 11.6 Å². The van der Waals surface area contributed by atoms with Gasteiger partial charge in [-0.05, 0) is 31.3 Å². The summed E-state index contributed by atoms with van der Waals surface area (Å²) in [6.07, 6.45) is 1.05. The van der Waals surface area contributed by atoms with E-state index in [1.165, 1.54) is 6.07 Å². The van der Waals surface area contributed by atoms with Crippen LogP contribution in [0.25, 0.3) is 0 Å². The van der Waals surface area contributed by atoms with E-state index in [0.29, 0.717) is 11.7 Å². The molecule has 0 bridgehead atoms. The highest BCUT2D eigenvalue weighted by molar-refractivity contribution is 7.80. The summed E-state index contributed by atoms with van der Waals surface area (Å²) < 4.78 is 26.2. The lowest BCUT2D eigenvalue weighted by atomic mass is 10.2. The number of hydrogen-bond acceptors (Lipinski definition) is 2. The molecule has 0 atom stereocenters. The standard InChI is InChI=1S/C10H11F2N3S/c1-2-13-10(16)15-14-6-7-8(11)4-3-5-9(7)12/h3-6H,2H2,1H3,(H2,13,15,16)/b14-6+. The molecule has 0 aliphatic carbocycles. The van der Waals surface area contributed by atoms with E-state index in [4.69, 9.17) is 12.2 Å². The topological polar surface area (TPSA) is 36.4 Å². The van der Waals surface area contributed by atoms with Crippen molar-refractivity contribution in [3.05, 3.63) is 35.4 Å². The summed E-state index contributed by atoms with van der Waals surface area (Å²) in [5.41, 5.74) is 2.24. The van der Waals surface area contributed by atoms with E-state index in [-0.39, 0.29) is 5.56 Å². The summed E-state index contributed by atoms with van der Waals surface area (Å²) >= 11 is 4.81. The van der Waals surface area contributed by atoms with Crippen LogP contribution >= 0.6 is 12.2 Å². The molecule has 0 fully saturated rings. The Hall–Kier alpha value is -1.56. The van der Waals surface area contributed by atoms with Crippen LogP contribution in [-0.4, -0.2) is 17.9 Å². The summed E-state index contributed by atoms with van der Waals surface area (Å²) in [6.45, 7) is 2.52. The average molecular weight is 243 g/mol. The van der Waals surface area contributed by atoms with Crippen LogP contribution in [0.1, 0.15) is 12.5 Å². The molecule has 1 aromatic rings. The van der Waals surface area contributed by atoms with Crippen molar-refractivity contribution in [2.75, 3.05) is 6.54 Å². The highest BCUT2D eigenvalue weighted by atomic mass is 32.1. The minimum Gasteiger partial charge on any atom is -0.362 e. The van der Waals surface area contributed by atoms with Crippen LogP contribution in [0.5, 0.6) is 0 Å². The van der Waals surface area contributed by atoms with Gasteiger partial charge in [-0.1, -0.05) is 6.07 Å². The van der Waals surface area contributed by atoms with Gasteiger partial charge in [0.2, 0.25) is 0 Å². The van der Waals surface area contributed by atoms with Crippen LogP contribution in [0, 0.1) is 11.6 Å². The molecule has 1 aromatic carbocycles. The number of thiocarbonyl (C=S) groups is 1. The zero-order valence-corrected chi connectivity index (χ0v) is 9.44. The maximum absolute atomic E-state index is 13.1. The lowest BCUT2D eigenvalue weighted by molar-refractivity contribution is 0.580. The summed E-state index contributed by atoms with van der Waals surface area (Å²) in [6, 6.07) is 3.61. The molecule has 16 heavy (non-hydrogen) atoms. The highest BCUT2D eigenvalue weighted by Gasteiger charge is 2.04. The molecule has 3 nitrogen and oxygen atoms in total. The molecule has 0 radical (unpaired) electrons. The highest BCUT2D eigenvalue weighted by Crippen LogP contribution is 2.08. The first-order valence-electron chi connectivity index (χ1n) is 4.66. The van der Waals surface area contributed by atoms with Gasteiger partial charge in [-0.2, -0.15) is 5.10 Å². The first-order chi connectivity index (χ1) is 7.65. The number of nitrogens with one attached hydrogen (secondary N) is 2. The number of hydrazone groups is 1. The predicted octanol–water partition coefficient (Wildman–Crippen LogP) is 1.78. The molecule has 0 amide bonds. The molecule has 0 saturated heterocycles. The van der Waals surface area contributed by atoms with E-state index in [1.54, 1.807) is 0 Å². The Labute approximate surface area is 97.5 Å². The maximum Gasteiger partial charge on any atom is 0.186 e. The van der Waals surface area contributed by atoms with E-state index in [1.807, 2.05) is 6.92 Å². The zero-order chi connectivity index (χ0) is 12.0. The third kappa shape index (κ3) is 3.54. The molecule has 0 unspecified atom stereocenters. The molecule has 0 aliphatic heterocycles. The Morgan fingerprint density at radius 1 is 1.44 bits per heavy atom. The van der Waals surface area contributed by atoms with Crippen LogP contribution in [0.3, 0.4) is 0 Å². The SMILES string of the molecule is CCNC(=S)N/N=C/c1c(F)cccc1F. The molecule has 0 heterocycles. The van der Waals surface area contributed by atoms with Crippen LogP contribution in [0.2, 0.25) is 0 Å². The Morgan fingerprint density at radius 3 is 2.62 bits per heavy atom. The minimum atomic E-state index is -0.667. The number of nitrogens with zero attached hydrogens (tertiary/aromatic N) is 1. The number of rotatable bonds is 3. The fraction of sp³-hybridized carbons (Fsp3) is 0.200. The Kier molecular flexibility index (Phi) is 4.78. The van der Waals surface area contributed by atoms with Crippen molar-refractivity contribution >= 4 is 23.5 Å². The van der Waals surface area contributed by atoms with E-state index >= 15 is 0 Å². The molecule has 0 aromatic heterocycles. The predicted molar refractivity (Wildman–Crippen MR) is 63.4 cm³/mol. The summed E-state index contributed by atoms with van der Waals surface area (Å²) in [4.78, 5) is 0. The van der Waals surface area contributed by atoms with E-state index in [2.05, 4.69) is 15.8 Å². The summed E-state index contributed by atoms with van der Waals surface area (Å²) in [7, 11) is 0. The second kappa shape index (κ2) is 6.12. The van der Waals surface area contributed by atoms with Gasteiger partial charge in [-0.3, -0.25) is 5.43 Å². The summed E-state index contributed by atoms with van der Waals surface area (Å²) in [5, 5.41) is 6.70. The molecule has 86 valence electrons. The van der Waals surface area contributed by atoms with Gasteiger partial charge in [-0.15, -0.1) is 0 Å². The smallest absolute Gasteiger partial charge is 0.186 e. The first-order valence-corrected chi connectivity index (χ1v) is 5.07. The molecule has 0 aliphatic rings. The lowest BCUT2D eigenvalue weighted by Gasteiger charge is -2.03. The monoisotopic (exact) mass is 243 g/mol. The lowest BCUT2D eigenvalue weighted by Crippen LogP contribution is -2.31. The summed E-state index contributed by atoms with van der Waals surface area (Å²) in [5.74, 6) is -1.33. The fourth-order valence-electron chi connectivity index (χ4n) is 0.990. The molecule has 2 N–H and O–H groups in total. The number of benzene rings is 1. The fourth-order valence-corrected chi connectivity index (χ4v) is 1.19. The quantitative estimate of drug-likeness (QED) is 0.482. The molecule has 0 saturated carbocycles. The average Bonchev–Trinajstić information content (AvgIpc) is 2.23. The van der Waals surface area contributed by atoms with Crippen molar-refractivity contribution in [3.8, 4) is 0 Å². The first kappa shape index (κ1) is 12.5. The molecule has 6 heteroatoms. The zero-order valence-electron chi connectivity index (χ0n) is 8.63. The van der Waals surface area contributed by atoms with Crippen molar-refractivity contribution < 1.29 is 8.78 Å². The molecule has 1 rings (SSSR count). The maximum atomic E-state index is 13.1. The van der Waals surface area contributed by atoms with Crippen molar-refractivity contribution in [1.82, 2.24) is 10.7 Å². The normalized spacial score (nSPS) is 10.4. The van der Waals surface area contributed by atoms with Gasteiger partial charge in [-0.25, -0.2) is 8.78 Å². The van der Waals surface area contributed by atoms with Crippen LogP contribution in [0.15, 0.2) is 23.3 Å². The number of hydrogen-bond donors (Lipinski definition) is 2. The Morgan fingerprint density at radius 2 is 2.06 bits per heavy atom. The molecular weight excluding hydrogens is 232 g/mol. The van der Waals surface area contributed by atoms with E-state index in [9.17, 15) is 8.78 Å². The minimum absolute atomic E-state index is 0.200. The second-order valence-electron chi connectivity index (χ2n) is 2.86. The van der Waals surface area contributed by atoms with Crippen LogP contribution in [-0.2, 0) is 0 Å². The second-order valence-corrected chi connectivity index (χ2v) is 3.27. The van der Waals surface area contributed by atoms with Gasteiger partial charge in [0.25, 0.3) is 0 Å². The van der Waals surface area contributed by atoms with Crippen LogP contribution < -0.4 is 10.7 Å². The molecule has 0 spiro atoms. The van der Waals surface area contributed by atoms with Gasteiger partial charge in [0.05, 0.1) is 11.8 Å². The van der Waals surface area contributed by atoms with Crippen molar-refractivity contribution in [3.63, 3.8) is 0 Å². The molecular formula is C10H11F2N3S. The van der Waals surface area contributed by atoms with E-state index in [0.717, 1.165) is 18.3 Å². The number of halogens is 2. The Bertz CT molecular complexity index is 387. The van der Waals surface area contributed by atoms with Crippen molar-refractivity contribution in [2.45, 2.75) is 6.92 Å². The third-order valence-electron chi connectivity index (χ3n) is 1.70. The van der Waals surface area contributed by atoms with Gasteiger partial charge >= 0.3 is 0 Å². The van der Waals surface area contributed by atoms with Crippen molar-refractivity contribution in [1.29, 1.82) is 0 Å². The largest absolute Gasteiger partial charge is 0.362 e. The van der Waals surface area contributed by atoms with E-state index < -0.39 is 11.6 Å². The van der Waals surface area contributed by atoms with Gasteiger partial charge in [0.15, 0.2) is 5.11 Å². The van der Waals surface area contributed by atoms with Crippen LogP contribution in [0.4, 0.5) is 8.78 Å². The van der Waals surface area contributed by atoms with Gasteiger partial charge in [0, 0.05) is 6.54 Å². The Balaban J connectivity index is 2.66. The van der Waals surface area contributed by atoms with Crippen molar-refractivity contribution in [2.24, 2.45) is 5.10 Å². The third-order valence-corrected chi connectivity index (χ3v) is 1.93. The van der Waals surface area contributed by atoms with Gasteiger partial charge < -0.3 is 5.32 Å².